The second kappa shape index (κ2) is 5.77. The van der Waals surface area contributed by atoms with Crippen molar-refractivity contribution < 1.29 is 14.3 Å². The number of rotatable bonds is 5. The zero-order chi connectivity index (χ0) is 14.8. The molecule has 1 aromatic heterocycles. The molecule has 0 radical (unpaired) electrons. The van der Waals surface area contributed by atoms with Crippen LogP contribution >= 0.6 is 11.3 Å². The van der Waals surface area contributed by atoms with Crippen molar-refractivity contribution in [3.63, 3.8) is 0 Å². The lowest BCUT2D eigenvalue weighted by Crippen LogP contribution is -2.14. The average Bonchev–Trinajstić information content (AvgIpc) is 3.13. The minimum absolute atomic E-state index is 0.0700. The number of amides is 1. The van der Waals surface area contributed by atoms with E-state index in [1.54, 1.807) is 37.7 Å². The number of ether oxygens (including phenoxy) is 2. The van der Waals surface area contributed by atoms with Gasteiger partial charge in [-0.05, 0) is 30.0 Å². The van der Waals surface area contributed by atoms with E-state index in [0.29, 0.717) is 17.4 Å². The van der Waals surface area contributed by atoms with Crippen molar-refractivity contribution >= 4 is 22.9 Å². The second-order valence-electron chi connectivity index (χ2n) is 5.02. The van der Waals surface area contributed by atoms with Crippen LogP contribution in [0.5, 0.6) is 11.5 Å². The molecule has 2 unspecified atom stereocenters. The van der Waals surface area contributed by atoms with Gasteiger partial charge in [0.25, 0.3) is 0 Å². The van der Waals surface area contributed by atoms with Crippen LogP contribution in [0.4, 0.5) is 5.69 Å². The molecule has 110 valence electrons. The Kier molecular flexibility index (Phi) is 3.84. The standard InChI is InChI=1S/C16H17NO3S/c1-19-13-6-5-10(8-14(13)20-2)17-16(18)12-9-11(12)15-4-3-7-21-15/h3-8,11-12H,9H2,1-2H3,(H,17,18). The fraction of sp³-hybridized carbons (Fsp3) is 0.312. The summed E-state index contributed by atoms with van der Waals surface area (Å²) in [6.45, 7) is 0. The molecule has 4 nitrogen and oxygen atoms in total. The van der Waals surface area contributed by atoms with Gasteiger partial charge in [0.15, 0.2) is 11.5 Å². The number of methoxy groups -OCH3 is 2. The van der Waals surface area contributed by atoms with Crippen LogP contribution in [-0.2, 0) is 4.79 Å². The number of carbonyl (C=O) groups is 1. The van der Waals surface area contributed by atoms with Crippen molar-refractivity contribution in [1.29, 1.82) is 0 Å². The van der Waals surface area contributed by atoms with E-state index in [1.165, 1.54) is 4.88 Å². The van der Waals surface area contributed by atoms with E-state index in [4.69, 9.17) is 9.47 Å². The Morgan fingerprint density at radius 1 is 1.24 bits per heavy atom. The first-order chi connectivity index (χ1) is 10.2. The summed E-state index contributed by atoms with van der Waals surface area (Å²) in [7, 11) is 3.17. The summed E-state index contributed by atoms with van der Waals surface area (Å²) in [6, 6.07) is 9.51. The molecule has 3 rings (SSSR count). The number of anilines is 1. The van der Waals surface area contributed by atoms with Gasteiger partial charge in [0, 0.05) is 28.5 Å². The van der Waals surface area contributed by atoms with Crippen LogP contribution in [-0.4, -0.2) is 20.1 Å². The largest absolute Gasteiger partial charge is 0.493 e. The normalized spacial score (nSPS) is 19.9. The average molecular weight is 303 g/mol. The van der Waals surface area contributed by atoms with Crippen LogP contribution in [0.3, 0.4) is 0 Å². The Morgan fingerprint density at radius 3 is 2.71 bits per heavy atom. The molecule has 1 aliphatic carbocycles. The third-order valence-corrected chi connectivity index (χ3v) is 4.69. The smallest absolute Gasteiger partial charge is 0.228 e. The van der Waals surface area contributed by atoms with Gasteiger partial charge in [0.2, 0.25) is 5.91 Å². The Morgan fingerprint density at radius 2 is 2.05 bits per heavy atom. The van der Waals surface area contributed by atoms with Crippen molar-refractivity contribution in [2.75, 3.05) is 19.5 Å². The zero-order valence-corrected chi connectivity index (χ0v) is 12.8. The molecule has 1 N–H and O–H groups in total. The SMILES string of the molecule is COc1ccc(NC(=O)C2CC2c2cccs2)cc1OC. The molecule has 1 fully saturated rings. The Hall–Kier alpha value is -2.01. The summed E-state index contributed by atoms with van der Waals surface area (Å²) in [5.74, 6) is 1.79. The van der Waals surface area contributed by atoms with E-state index in [9.17, 15) is 4.79 Å². The molecule has 1 aliphatic rings. The summed E-state index contributed by atoms with van der Waals surface area (Å²) in [4.78, 5) is 13.5. The summed E-state index contributed by atoms with van der Waals surface area (Å²) >= 11 is 1.72. The van der Waals surface area contributed by atoms with Crippen molar-refractivity contribution in [2.45, 2.75) is 12.3 Å². The molecular formula is C16H17NO3S. The maximum Gasteiger partial charge on any atom is 0.228 e. The molecule has 2 aromatic rings. The van der Waals surface area contributed by atoms with E-state index < -0.39 is 0 Å². The topological polar surface area (TPSA) is 47.6 Å². The van der Waals surface area contributed by atoms with Crippen LogP contribution in [0.25, 0.3) is 0 Å². The summed E-state index contributed by atoms with van der Waals surface area (Å²) in [5.41, 5.74) is 0.731. The zero-order valence-electron chi connectivity index (χ0n) is 12.0. The van der Waals surface area contributed by atoms with Crippen molar-refractivity contribution in [1.82, 2.24) is 0 Å². The van der Waals surface area contributed by atoms with Crippen LogP contribution < -0.4 is 14.8 Å². The monoisotopic (exact) mass is 303 g/mol. The molecule has 1 saturated carbocycles. The Balaban J connectivity index is 1.66. The van der Waals surface area contributed by atoms with Gasteiger partial charge >= 0.3 is 0 Å². The molecule has 1 heterocycles. The van der Waals surface area contributed by atoms with Gasteiger partial charge < -0.3 is 14.8 Å². The number of hydrogen-bond donors (Lipinski definition) is 1. The maximum atomic E-state index is 12.3. The molecule has 0 saturated heterocycles. The summed E-state index contributed by atoms with van der Waals surface area (Å²) in [5, 5.41) is 5.00. The molecule has 2 atom stereocenters. The number of carbonyl (C=O) groups excluding carboxylic acids is 1. The number of thiophene rings is 1. The van der Waals surface area contributed by atoms with Crippen LogP contribution in [0.2, 0.25) is 0 Å². The molecule has 21 heavy (non-hydrogen) atoms. The molecule has 0 bridgehead atoms. The lowest BCUT2D eigenvalue weighted by molar-refractivity contribution is -0.117. The fourth-order valence-corrected chi connectivity index (χ4v) is 3.36. The maximum absolute atomic E-state index is 12.3. The molecule has 0 spiro atoms. The lowest BCUT2D eigenvalue weighted by Gasteiger charge is -2.10. The molecule has 1 amide bonds. The minimum atomic E-state index is 0.0700. The van der Waals surface area contributed by atoms with Crippen molar-refractivity contribution in [3.8, 4) is 11.5 Å². The molecule has 1 aromatic carbocycles. The van der Waals surface area contributed by atoms with Crippen LogP contribution in [0.1, 0.15) is 17.2 Å². The van der Waals surface area contributed by atoms with E-state index in [2.05, 4.69) is 16.8 Å². The van der Waals surface area contributed by atoms with Gasteiger partial charge in [-0.2, -0.15) is 0 Å². The minimum Gasteiger partial charge on any atom is -0.493 e. The van der Waals surface area contributed by atoms with E-state index in [0.717, 1.165) is 12.1 Å². The highest BCUT2D eigenvalue weighted by atomic mass is 32.1. The predicted octanol–water partition coefficient (Wildman–Crippen LogP) is 3.51. The third-order valence-electron chi connectivity index (χ3n) is 3.69. The van der Waals surface area contributed by atoms with Crippen molar-refractivity contribution in [3.05, 3.63) is 40.6 Å². The highest BCUT2D eigenvalue weighted by molar-refractivity contribution is 7.10. The number of nitrogens with one attached hydrogen (secondary N) is 1. The van der Waals surface area contributed by atoms with Gasteiger partial charge in [-0.3, -0.25) is 4.79 Å². The van der Waals surface area contributed by atoms with Gasteiger partial charge in [0.1, 0.15) is 0 Å². The van der Waals surface area contributed by atoms with Gasteiger partial charge in [0.05, 0.1) is 14.2 Å². The molecular weight excluding hydrogens is 286 g/mol. The first-order valence-corrected chi connectivity index (χ1v) is 7.67. The Bertz CT molecular complexity index is 639. The predicted molar refractivity (Wildman–Crippen MR) is 83.3 cm³/mol. The molecule has 5 heteroatoms. The van der Waals surface area contributed by atoms with E-state index in [1.807, 2.05) is 12.1 Å². The number of benzene rings is 1. The number of hydrogen-bond acceptors (Lipinski definition) is 4. The first kappa shape index (κ1) is 13.9. The van der Waals surface area contributed by atoms with Crippen LogP contribution in [0, 0.1) is 5.92 Å². The van der Waals surface area contributed by atoms with Gasteiger partial charge in [-0.15, -0.1) is 11.3 Å². The highest BCUT2D eigenvalue weighted by Crippen LogP contribution is 2.49. The van der Waals surface area contributed by atoms with Gasteiger partial charge in [-0.1, -0.05) is 6.07 Å². The van der Waals surface area contributed by atoms with Gasteiger partial charge in [-0.25, -0.2) is 0 Å². The first-order valence-electron chi connectivity index (χ1n) is 6.79. The highest BCUT2D eigenvalue weighted by Gasteiger charge is 2.44. The van der Waals surface area contributed by atoms with E-state index in [-0.39, 0.29) is 11.8 Å². The van der Waals surface area contributed by atoms with Crippen molar-refractivity contribution in [2.24, 2.45) is 5.92 Å². The van der Waals surface area contributed by atoms with E-state index >= 15 is 0 Å². The summed E-state index contributed by atoms with van der Waals surface area (Å²) < 4.78 is 10.4. The second-order valence-corrected chi connectivity index (χ2v) is 6.00. The third kappa shape index (κ3) is 2.88. The molecule has 0 aliphatic heterocycles. The van der Waals surface area contributed by atoms with Crippen LogP contribution in [0.15, 0.2) is 35.7 Å². The quantitative estimate of drug-likeness (QED) is 0.919. The lowest BCUT2D eigenvalue weighted by atomic mass is 10.2. The Labute approximate surface area is 127 Å². The fourth-order valence-electron chi connectivity index (χ4n) is 2.45. The summed E-state index contributed by atoms with van der Waals surface area (Å²) in [6.07, 6.45) is 0.930.